The molecular formula is C15H13Cl2NOS. The molecule has 0 aliphatic rings. The van der Waals surface area contributed by atoms with E-state index < -0.39 is 0 Å². The SMILES string of the molecule is CN(C)C(=O)c1ccccc1Sc1cc(Cl)cc(Cl)c1. The van der Waals surface area contributed by atoms with Gasteiger partial charge in [-0.25, -0.2) is 0 Å². The molecule has 0 unspecified atom stereocenters. The van der Waals surface area contributed by atoms with Gasteiger partial charge >= 0.3 is 0 Å². The maximum atomic E-state index is 12.1. The van der Waals surface area contributed by atoms with Crippen LogP contribution in [0.3, 0.4) is 0 Å². The number of benzene rings is 2. The highest BCUT2D eigenvalue weighted by molar-refractivity contribution is 7.99. The topological polar surface area (TPSA) is 20.3 Å². The van der Waals surface area contributed by atoms with Crippen molar-refractivity contribution in [3.05, 3.63) is 58.1 Å². The van der Waals surface area contributed by atoms with Crippen LogP contribution in [0.5, 0.6) is 0 Å². The van der Waals surface area contributed by atoms with Crippen LogP contribution >= 0.6 is 35.0 Å². The van der Waals surface area contributed by atoms with Gasteiger partial charge in [-0.3, -0.25) is 4.79 Å². The molecule has 0 aliphatic heterocycles. The largest absolute Gasteiger partial charge is 0.345 e. The first-order chi connectivity index (χ1) is 9.47. The zero-order valence-electron chi connectivity index (χ0n) is 11.1. The first-order valence-corrected chi connectivity index (χ1v) is 7.49. The molecule has 0 bridgehead atoms. The summed E-state index contributed by atoms with van der Waals surface area (Å²) < 4.78 is 0. The third kappa shape index (κ3) is 3.69. The molecule has 2 rings (SSSR count). The second kappa shape index (κ2) is 6.53. The zero-order chi connectivity index (χ0) is 14.7. The molecule has 0 saturated heterocycles. The van der Waals surface area contributed by atoms with Crippen molar-refractivity contribution in [3.8, 4) is 0 Å². The summed E-state index contributed by atoms with van der Waals surface area (Å²) in [6.45, 7) is 0. The fourth-order valence-electron chi connectivity index (χ4n) is 1.69. The monoisotopic (exact) mass is 325 g/mol. The fraction of sp³-hybridized carbons (Fsp3) is 0.133. The van der Waals surface area contributed by atoms with Crippen LogP contribution in [0.2, 0.25) is 10.0 Å². The van der Waals surface area contributed by atoms with Gasteiger partial charge in [0.1, 0.15) is 0 Å². The van der Waals surface area contributed by atoms with Crippen LogP contribution in [-0.4, -0.2) is 24.9 Å². The molecule has 0 radical (unpaired) electrons. The Morgan fingerprint density at radius 1 is 1.05 bits per heavy atom. The Bertz CT molecular complexity index is 623. The molecule has 20 heavy (non-hydrogen) atoms. The van der Waals surface area contributed by atoms with Crippen molar-refractivity contribution < 1.29 is 4.79 Å². The Kier molecular flexibility index (Phi) is 4.97. The Morgan fingerprint density at radius 3 is 2.25 bits per heavy atom. The predicted molar refractivity (Wildman–Crippen MR) is 85.0 cm³/mol. The number of nitrogens with zero attached hydrogens (tertiary/aromatic N) is 1. The molecule has 104 valence electrons. The minimum Gasteiger partial charge on any atom is -0.345 e. The van der Waals surface area contributed by atoms with Crippen molar-refractivity contribution in [2.75, 3.05) is 14.1 Å². The standard InChI is InChI=1S/C15H13Cl2NOS/c1-18(2)15(19)13-5-3-4-6-14(13)20-12-8-10(16)7-11(17)9-12/h3-9H,1-2H3. The minimum atomic E-state index is -0.0266. The second-order valence-electron chi connectivity index (χ2n) is 4.40. The Morgan fingerprint density at radius 2 is 1.65 bits per heavy atom. The van der Waals surface area contributed by atoms with Crippen LogP contribution in [0, 0.1) is 0 Å². The van der Waals surface area contributed by atoms with Crippen LogP contribution in [0.15, 0.2) is 52.3 Å². The predicted octanol–water partition coefficient (Wildman–Crippen LogP) is 4.85. The van der Waals surface area contributed by atoms with Gasteiger partial charge in [-0.05, 0) is 30.3 Å². The van der Waals surface area contributed by atoms with Crippen molar-refractivity contribution >= 4 is 40.9 Å². The van der Waals surface area contributed by atoms with Crippen molar-refractivity contribution in [2.24, 2.45) is 0 Å². The quantitative estimate of drug-likeness (QED) is 0.804. The first-order valence-electron chi connectivity index (χ1n) is 5.92. The van der Waals surface area contributed by atoms with Gasteiger partial charge in [0.05, 0.1) is 5.56 Å². The van der Waals surface area contributed by atoms with Crippen LogP contribution in [0.1, 0.15) is 10.4 Å². The lowest BCUT2D eigenvalue weighted by molar-refractivity contribution is 0.0824. The van der Waals surface area contributed by atoms with E-state index in [1.807, 2.05) is 36.4 Å². The molecule has 0 spiro atoms. The zero-order valence-corrected chi connectivity index (χ0v) is 13.4. The van der Waals surface area contributed by atoms with Gasteiger partial charge < -0.3 is 4.90 Å². The fourth-order valence-corrected chi connectivity index (χ4v) is 3.38. The van der Waals surface area contributed by atoms with Gasteiger partial charge in [-0.15, -0.1) is 0 Å². The van der Waals surface area contributed by atoms with Gasteiger partial charge in [0.25, 0.3) is 5.91 Å². The number of hydrogen-bond donors (Lipinski definition) is 0. The summed E-state index contributed by atoms with van der Waals surface area (Å²) in [7, 11) is 3.47. The summed E-state index contributed by atoms with van der Waals surface area (Å²) in [6.07, 6.45) is 0. The second-order valence-corrected chi connectivity index (χ2v) is 6.39. The lowest BCUT2D eigenvalue weighted by atomic mass is 10.2. The van der Waals surface area contributed by atoms with E-state index in [1.54, 1.807) is 25.1 Å². The molecule has 0 heterocycles. The number of carbonyl (C=O) groups excluding carboxylic acids is 1. The van der Waals surface area contributed by atoms with Gasteiger partial charge in [0.15, 0.2) is 0 Å². The average Bonchev–Trinajstić information content (AvgIpc) is 2.37. The van der Waals surface area contributed by atoms with Crippen molar-refractivity contribution in [3.63, 3.8) is 0 Å². The number of hydrogen-bond acceptors (Lipinski definition) is 2. The van der Waals surface area contributed by atoms with E-state index in [-0.39, 0.29) is 5.91 Å². The van der Waals surface area contributed by atoms with E-state index in [2.05, 4.69) is 0 Å². The van der Waals surface area contributed by atoms with Crippen molar-refractivity contribution in [2.45, 2.75) is 9.79 Å². The highest BCUT2D eigenvalue weighted by Crippen LogP contribution is 2.34. The highest BCUT2D eigenvalue weighted by Gasteiger charge is 2.13. The molecule has 2 nitrogen and oxygen atoms in total. The normalized spacial score (nSPS) is 10.4. The number of rotatable bonds is 3. The average molecular weight is 326 g/mol. The van der Waals surface area contributed by atoms with Crippen LogP contribution in [0.25, 0.3) is 0 Å². The Hall–Kier alpha value is -1.16. The molecule has 0 aromatic heterocycles. The molecule has 0 aliphatic carbocycles. The van der Waals surface area contributed by atoms with E-state index in [1.165, 1.54) is 11.8 Å². The lowest BCUT2D eigenvalue weighted by Crippen LogP contribution is -2.22. The first kappa shape index (κ1) is 15.2. The van der Waals surface area contributed by atoms with E-state index in [0.29, 0.717) is 15.6 Å². The summed E-state index contributed by atoms with van der Waals surface area (Å²) in [4.78, 5) is 15.5. The summed E-state index contributed by atoms with van der Waals surface area (Å²) in [5.41, 5.74) is 0.665. The molecule has 1 amide bonds. The van der Waals surface area contributed by atoms with Gasteiger partial charge in [-0.2, -0.15) is 0 Å². The third-order valence-electron chi connectivity index (χ3n) is 2.59. The molecule has 5 heteroatoms. The van der Waals surface area contributed by atoms with Crippen LogP contribution < -0.4 is 0 Å². The maximum Gasteiger partial charge on any atom is 0.254 e. The molecule has 0 atom stereocenters. The van der Waals surface area contributed by atoms with E-state index in [0.717, 1.165) is 9.79 Å². The number of carbonyl (C=O) groups is 1. The van der Waals surface area contributed by atoms with E-state index in [4.69, 9.17) is 23.2 Å². The van der Waals surface area contributed by atoms with Crippen molar-refractivity contribution in [1.29, 1.82) is 0 Å². The van der Waals surface area contributed by atoms with E-state index >= 15 is 0 Å². The van der Waals surface area contributed by atoms with E-state index in [9.17, 15) is 4.79 Å². The number of amides is 1. The molecule has 2 aromatic carbocycles. The maximum absolute atomic E-state index is 12.1. The summed E-state index contributed by atoms with van der Waals surface area (Å²) in [6, 6.07) is 12.8. The molecule has 0 saturated carbocycles. The minimum absolute atomic E-state index is 0.0266. The molecule has 0 N–H and O–H groups in total. The summed E-state index contributed by atoms with van der Waals surface area (Å²) >= 11 is 13.5. The summed E-state index contributed by atoms with van der Waals surface area (Å²) in [5.74, 6) is -0.0266. The molecule has 0 fully saturated rings. The third-order valence-corrected chi connectivity index (χ3v) is 4.07. The smallest absolute Gasteiger partial charge is 0.254 e. The van der Waals surface area contributed by atoms with Crippen LogP contribution in [0.4, 0.5) is 0 Å². The Balaban J connectivity index is 2.36. The van der Waals surface area contributed by atoms with Gasteiger partial charge in [0.2, 0.25) is 0 Å². The lowest BCUT2D eigenvalue weighted by Gasteiger charge is -2.13. The summed E-state index contributed by atoms with van der Waals surface area (Å²) in [5, 5.41) is 1.16. The molecule has 2 aromatic rings. The van der Waals surface area contributed by atoms with Gasteiger partial charge in [-0.1, -0.05) is 47.1 Å². The highest BCUT2D eigenvalue weighted by atomic mass is 35.5. The Labute approximate surface area is 132 Å². The van der Waals surface area contributed by atoms with Crippen molar-refractivity contribution in [1.82, 2.24) is 4.90 Å². The molecular weight excluding hydrogens is 313 g/mol. The van der Waals surface area contributed by atoms with Gasteiger partial charge in [0, 0.05) is 33.9 Å². The number of halogens is 2. The van der Waals surface area contributed by atoms with Crippen LogP contribution in [-0.2, 0) is 0 Å².